The number of nitrogens with zero attached hydrogens (tertiary/aromatic N) is 2. The van der Waals surface area contributed by atoms with Crippen molar-refractivity contribution in [1.29, 1.82) is 0 Å². The van der Waals surface area contributed by atoms with E-state index in [4.69, 9.17) is 4.74 Å². The molecular formula is C11H18N2O. The molecule has 2 heterocycles. The van der Waals surface area contributed by atoms with Crippen molar-refractivity contribution in [2.45, 2.75) is 32.7 Å². The predicted octanol–water partition coefficient (Wildman–Crippen LogP) is 2.01. The zero-order valence-electron chi connectivity index (χ0n) is 8.78. The molecule has 1 aliphatic heterocycles. The Kier molecular flexibility index (Phi) is 3.19. The summed E-state index contributed by atoms with van der Waals surface area (Å²) in [5.74, 6) is 0.841. The van der Waals surface area contributed by atoms with Gasteiger partial charge in [-0.2, -0.15) is 5.10 Å². The second-order valence-corrected chi connectivity index (χ2v) is 4.13. The van der Waals surface area contributed by atoms with Gasteiger partial charge in [0, 0.05) is 26.0 Å². The Labute approximate surface area is 85.1 Å². The summed E-state index contributed by atoms with van der Waals surface area (Å²) in [6, 6.07) is 0. The Hall–Kier alpha value is -0.830. The first-order valence-corrected chi connectivity index (χ1v) is 5.41. The molecular weight excluding hydrogens is 176 g/mol. The minimum Gasteiger partial charge on any atom is -0.381 e. The molecule has 1 aromatic rings. The summed E-state index contributed by atoms with van der Waals surface area (Å²) in [4.78, 5) is 0. The maximum absolute atomic E-state index is 5.33. The van der Waals surface area contributed by atoms with Crippen molar-refractivity contribution in [2.75, 3.05) is 13.2 Å². The molecule has 0 unspecified atom stereocenters. The van der Waals surface area contributed by atoms with Crippen molar-refractivity contribution in [3.05, 3.63) is 18.0 Å². The SMILES string of the molecule is Cc1cnn(CCC2CCOCC2)c1. The maximum Gasteiger partial charge on any atom is 0.0518 e. The minimum absolute atomic E-state index is 0.841. The lowest BCUT2D eigenvalue weighted by atomic mass is 9.97. The van der Waals surface area contributed by atoms with Crippen LogP contribution in [0.4, 0.5) is 0 Å². The van der Waals surface area contributed by atoms with Gasteiger partial charge in [0.15, 0.2) is 0 Å². The molecule has 0 aromatic carbocycles. The average Bonchev–Trinajstić information content (AvgIpc) is 2.63. The maximum atomic E-state index is 5.33. The molecule has 1 aromatic heterocycles. The van der Waals surface area contributed by atoms with Crippen molar-refractivity contribution in [3.63, 3.8) is 0 Å². The van der Waals surface area contributed by atoms with Crippen molar-refractivity contribution in [1.82, 2.24) is 9.78 Å². The summed E-state index contributed by atoms with van der Waals surface area (Å²) in [5, 5.41) is 4.29. The fraction of sp³-hybridized carbons (Fsp3) is 0.727. The molecule has 78 valence electrons. The predicted molar refractivity (Wildman–Crippen MR) is 55.1 cm³/mol. The molecule has 0 saturated carbocycles. The van der Waals surface area contributed by atoms with Crippen LogP contribution in [0.5, 0.6) is 0 Å². The van der Waals surface area contributed by atoms with Crippen LogP contribution < -0.4 is 0 Å². The molecule has 0 spiro atoms. The Morgan fingerprint density at radius 2 is 2.29 bits per heavy atom. The van der Waals surface area contributed by atoms with E-state index in [2.05, 4.69) is 18.2 Å². The van der Waals surface area contributed by atoms with E-state index in [1.54, 1.807) is 0 Å². The van der Waals surface area contributed by atoms with Crippen LogP contribution >= 0.6 is 0 Å². The molecule has 0 bridgehead atoms. The van der Waals surface area contributed by atoms with E-state index in [1.807, 2.05) is 10.9 Å². The van der Waals surface area contributed by atoms with Crippen molar-refractivity contribution in [3.8, 4) is 0 Å². The molecule has 0 radical (unpaired) electrons. The minimum atomic E-state index is 0.841. The molecule has 0 N–H and O–H groups in total. The van der Waals surface area contributed by atoms with Gasteiger partial charge in [0.25, 0.3) is 0 Å². The second kappa shape index (κ2) is 4.60. The smallest absolute Gasteiger partial charge is 0.0518 e. The zero-order valence-corrected chi connectivity index (χ0v) is 8.78. The van der Waals surface area contributed by atoms with Gasteiger partial charge in [-0.1, -0.05) is 0 Å². The molecule has 2 rings (SSSR count). The van der Waals surface area contributed by atoms with Crippen LogP contribution in [0, 0.1) is 12.8 Å². The highest BCUT2D eigenvalue weighted by molar-refractivity contribution is 4.99. The van der Waals surface area contributed by atoms with E-state index in [9.17, 15) is 0 Å². The number of ether oxygens (including phenoxy) is 1. The van der Waals surface area contributed by atoms with Crippen molar-refractivity contribution in [2.24, 2.45) is 5.92 Å². The third-order valence-corrected chi connectivity index (χ3v) is 2.87. The lowest BCUT2D eigenvalue weighted by molar-refractivity contribution is 0.0623. The number of hydrogen-bond acceptors (Lipinski definition) is 2. The fourth-order valence-corrected chi connectivity index (χ4v) is 1.94. The number of aryl methyl sites for hydroxylation is 2. The van der Waals surface area contributed by atoms with Crippen LogP contribution in [0.3, 0.4) is 0 Å². The van der Waals surface area contributed by atoms with Crippen molar-refractivity contribution < 1.29 is 4.74 Å². The fourth-order valence-electron chi connectivity index (χ4n) is 1.94. The molecule has 1 fully saturated rings. The van der Waals surface area contributed by atoms with Crippen LogP contribution in [0.2, 0.25) is 0 Å². The highest BCUT2D eigenvalue weighted by Crippen LogP contribution is 2.18. The normalized spacial score (nSPS) is 18.6. The summed E-state index contributed by atoms with van der Waals surface area (Å²) in [7, 11) is 0. The van der Waals surface area contributed by atoms with E-state index >= 15 is 0 Å². The first-order chi connectivity index (χ1) is 6.84. The van der Waals surface area contributed by atoms with E-state index in [1.165, 1.54) is 24.8 Å². The summed E-state index contributed by atoms with van der Waals surface area (Å²) in [6.07, 6.45) is 7.72. The van der Waals surface area contributed by atoms with Gasteiger partial charge in [-0.15, -0.1) is 0 Å². The summed E-state index contributed by atoms with van der Waals surface area (Å²) in [6.45, 7) is 5.03. The van der Waals surface area contributed by atoms with Gasteiger partial charge in [0.2, 0.25) is 0 Å². The Morgan fingerprint density at radius 1 is 1.50 bits per heavy atom. The molecule has 0 amide bonds. The van der Waals surface area contributed by atoms with Crippen molar-refractivity contribution >= 4 is 0 Å². The van der Waals surface area contributed by atoms with Crippen LogP contribution in [0.25, 0.3) is 0 Å². The van der Waals surface area contributed by atoms with Gasteiger partial charge in [-0.05, 0) is 37.7 Å². The molecule has 0 aliphatic carbocycles. The summed E-state index contributed by atoms with van der Waals surface area (Å²) < 4.78 is 7.38. The summed E-state index contributed by atoms with van der Waals surface area (Å²) in [5.41, 5.74) is 1.25. The van der Waals surface area contributed by atoms with Gasteiger partial charge < -0.3 is 4.74 Å². The van der Waals surface area contributed by atoms with Crippen LogP contribution in [-0.2, 0) is 11.3 Å². The van der Waals surface area contributed by atoms with E-state index < -0.39 is 0 Å². The topological polar surface area (TPSA) is 27.1 Å². The van der Waals surface area contributed by atoms with Gasteiger partial charge in [-0.25, -0.2) is 0 Å². The van der Waals surface area contributed by atoms with Gasteiger partial charge >= 0.3 is 0 Å². The van der Waals surface area contributed by atoms with E-state index in [0.717, 1.165) is 25.7 Å². The number of aromatic nitrogens is 2. The standard InChI is InChI=1S/C11H18N2O/c1-10-8-12-13(9-10)5-2-11-3-6-14-7-4-11/h8-9,11H,2-7H2,1H3. The Bertz CT molecular complexity index is 277. The largest absolute Gasteiger partial charge is 0.381 e. The lowest BCUT2D eigenvalue weighted by Gasteiger charge is -2.21. The lowest BCUT2D eigenvalue weighted by Crippen LogP contribution is -2.17. The zero-order chi connectivity index (χ0) is 9.80. The highest BCUT2D eigenvalue weighted by atomic mass is 16.5. The third kappa shape index (κ3) is 2.58. The first kappa shape index (κ1) is 9.71. The number of hydrogen-bond donors (Lipinski definition) is 0. The second-order valence-electron chi connectivity index (χ2n) is 4.13. The van der Waals surface area contributed by atoms with Gasteiger partial charge in [0.1, 0.15) is 0 Å². The Balaban J connectivity index is 1.76. The molecule has 1 saturated heterocycles. The van der Waals surface area contributed by atoms with Crippen LogP contribution in [-0.4, -0.2) is 23.0 Å². The highest BCUT2D eigenvalue weighted by Gasteiger charge is 2.13. The third-order valence-electron chi connectivity index (χ3n) is 2.87. The molecule has 14 heavy (non-hydrogen) atoms. The quantitative estimate of drug-likeness (QED) is 0.736. The number of rotatable bonds is 3. The van der Waals surface area contributed by atoms with Crippen LogP contribution in [0.15, 0.2) is 12.4 Å². The van der Waals surface area contributed by atoms with Crippen LogP contribution in [0.1, 0.15) is 24.8 Å². The molecule has 1 aliphatic rings. The molecule has 3 heteroatoms. The summed E-state index contributed by atoms with van der Waals surface area (Å²) >= 11 is 0. The van der Waals surface area contributed by atoms with E-state index in [-0.39, 0.29) is 0 Å². The monoisotopic (exact) mass is 194 g/mol. The van der Waals surface area contributed by atoms with E-state index in [0.29, 0.717) is 0 Å². The molecule has 3 nitrogen and oxygen atoms in total. The Morgan fingerprint density at radius 3 is 2.93 bits per heavy atom. The van der Waals surface area contributed by atoms with Gasteiger partial charge in [0.05, 0.1) is 6.20 Å². The first-order valence-electron chi connectivity index (χ1n) is 5.41. The van der Waals surface area contributed by atoms with Gasteiger partial charge in [-0.3, -0.25) is 4.68 Å². The average molecular weight is 194 g/mol. The molecule has 0 atom stereocenters.